The molecule has 0 amide bonds. The predicted molar refractivity (Wildman–Crippen MR) is 79.1 cm³/mol. The largest absolute Gasteiger partial charge is 0.497 e. The lowest BCUT2D eigenvalue weighted by Gasteiger charge is -2.16. The third-order valence-corrected chi connectivity index (χ3v) is 6.07. The van der Waals surface area contributed by atoms with Gasteiger partial charge in [-0.3, -0.25) is 0 Å². The molecule has 21 heavy (non-hydrogen) atoms. The molecule has 1 N–H and O–H groups in total. The summed E-state index contributed by atoms with van der Waals surface area (Å²) in [6, 6.07) is 13.6. The van der Waals surface area contributed by atoms with E-state index in [1.807, 2.05) is 6.07 Å². The quantitative estimate of drug-likeness (QED) is 0.943. The van der Waals surface area contributed by atoms with Crippen molar-refractivity contribution in [3.05, 3.63) is 59.7 Å². The minimum atomic E-state index is -3.57. The first kappa shape index (κ1) is 14.1. The molecule has 0 spiro atoms. The number of methoxy groups -OCH3 is 1. The smallest absolute Gasteiger partial charge is 0.184 e. The van der Waals surface area contributed by atoms with Gasteiger partial charge in [-0.25, -0.2) is 8.42 Å². The SMILES string of the molecule is COc1ccc2c(c1)C(O)C(S(=O)(=O)c1ccccc1)C2. The lowest BCUT2D eigenvalue weighted by atomic mass is 10.1. The number of ether oxygens (including phenoxy) is 1. The van der Waals surface area contributed by atoms with Gasteiger partial charge < -0.3 is 9.84 Å². The van der Waals surface area contributed by atoms with Crippen LogP contribution in [-0.2, 0) is 16.3 Å². The van der Waals surface area contributed by atoms with Gasteiger partial charge in [0.2, 0.25) is 0 Å². The number of aliphatic hydroxyl groups excluding tert-OH is 1. The summed E-state index contributed by atoms with van der Waals surface area (Å²) >= 11 is 0. The van der Waals surface area contributed by atoms with E-state index >= 15 is 0 Å². The van der Waals surface area contributed by atoms with Crippen molar-refractivity contribution in [1.82, 2.24) is 0 Å². The van der Waals surface area contributed by atoms with Crippen molar-refractivity contribution in [3.63, 3.8) is 0 Å². The fourth-order valence-corrected chi connectivity index (χ4v) is 4.53. The van der Waals surface area contributed by atoms with Crippen LogP contribution in [0.15, 0.2) is 53.4 Å². The summed E-state index contributed by atoms with van der Waals surface area (Å²) in [6.07, 6.45) is -0.710. The number of sulfone groups is 1. The molecule has 0 saturated carbocycles. The number of hydrogen-bond donors (Lipinski definition) is 1. The predicted octanol–water partition coefficient (Wildman–Crippen LogP) is 2.13. The molecule has 0 aromatic heterocycles. The maximum atomic E-state index is 12.7. The number of aliphatic hydroxyl groups is 1. The van der Waals surface area contributed by atoms with Crippen LogP contribution in [0.3, 0.4) is 0 Å². The molecule has 0 fully saturated rings. The molecule has 2 unspecified atom stereocenters. The third-order valence-electron chi connectivity index (χ3n) is 3.92. The van der Waals surface area contributed by atoms with Crippen LogP contribution in [0.2, 0.25) is 0 Å². The summed E-state index contributed by atoms with van der Waals surface area (Å²) in [5.41, 5.74) is 1.49. The van der Waals surface area contributed by atoms with Gasteiger partial charge in [-0.15, -0.1) is 0 Å². The molecule has 0 heterocycles. The van der Waals surface area contributed by atoms with Gasteiger partial charge in [-0.1, -0.05) is 24.3 Å². The van der Waals surface area contributed by atoms with Crippen molar-refractivity contribution in [2.24, 2.45) is 0 Å². The Morgan fingerprint density at radius 2 is 1.86 bits per heavy atom. The molecule has 0 saturated heterocycles. The monoisotopic (exact) mass is 304 g/mol. The highest BCUT2D eigenvalue weighted by atomic mass is 32.2. The standard InChI is InChI=1S/C16H16O4S/c1-20-12-8-7-11-9-15(16(17)14(11)10-12)21(18,19)13-5-3-2-4-6-13/h2-8,10,15-17H,9H2,1H3. The van der Waals surface area contributed by atoms with Crippen molar-refractivity contribution in [1.29, 1.82) is 0 Å². The molecule has 0 bridgehead atoms. The molecule has 1 aliphatic rings. The fourth-order valence-electron chi connectivity index (χ4n) is 2.75. The van der Waals surface area contributed by atoms with Crippen LogP contribution >= 0.6 is 0 Å². The van der Waals surface area contributed by atoms with Gasteiger partial charge in [-0.05, 0) is 41.8 Å². The van der Waals surface area contributed by atoms with Crippen molar-refractivity contribution < 1.29 is 18.3 Å². The molecule has 2 atom stereocenters. The summed E-state index contributed by atoms with van der Waals surface area (Å²) in [5.74, 6) is 0.616. The Kier molecular flexibility index (Phi) is 3.47. The summed E-state index contributed by atoms with van der Waals surface area (Å²) in [6.45, 7) is 0. The maximum absolute atomic E-state index is 12.7. The van der Waals surface area contributed by atoms with Crippen molar-refractivity contribution >= 4 is 9.84 Å². The molecule has 0 aliphatic heterocycles. The Morgan fingerprint density at radius 1 is 1.14 bits per heavy atom. The second-order valence-electron chi connectivity index (χ2n) is 5.11. The summed E-state index contributed by atoms with van der Waals surface area (Å²) in [7, 11) is -2.02. The first-order valence-corrected chi connectivity index (χ1v) is 8.22. The lowest BCUT2D eigenvalue weighted by molar-refractivity contribution is 0.182. The van der Waals surface area contributed by atoms with Crippen LogP contribution in [0.4, 0.5) is 0 Å². The van der Waals surface area contributed by atoms with Gasteiger partial charge in [-0.2, -0.15) is 0 Å². The number of fused-ring (bicyclic) bond motifs is 1. The Morgan fingerprint density at radius 3 is 2.52 bits per heavy atom. The van der Waals surface area contributed by atoms with Gasteiger partial charge >= 0.3 is 0 Å². The lowest BCUT2D eigenvalue weighted by Crippen LogP contribution is -2.25. The molecular formula is C16H16O4S. The molecule has 3 rings (SSSR count). The average Bonchev–Trinajstić information content (AvgIpc) is 2.85. The fraction of sp³-hybridized carbons (Fsp3) is 0.250. The zero-order valence-electron chi connectivity index (χ0n) is 11.6. The van der Waals surface area contributed by atoms with Crippen LogP contribution in [0.5, 0.6) is 5.75 Å². The van der Waals surface area contributed by atoms with E-state index in [0.29, 0.717) is 17.7 Å². The summed E-state index contributed by atoms with van der Waals surface area (Å²) < 4.78 is 30.5. The van der Waals surface area contributed by atoms with Gasteiger partial charge in [0.05, 0.1) is 23.4 Å². The van der Waals surface area contributed by atoms with Crippen molar-refractivity contribution in [2.45, 2.75) is 22.7 Å². The zero-order valence-corrected chi connectivity index (χ0v) is 12.4. The van der Waals surface area contributed by atoms with Crippen molar-refractivity contribution in [2.75, 3.05) is 7.11 Å². The molecular weight excluding hydrogens is 288 g/mol. The minimum absolute atomic E-state index is 0.244. The van der Waals surface area contributed by atoms with Crippen LogP contribution < -0.4 is 4.74 Å². The Bertz CT molecular complexity index is 753. The van der Waals surface area contributed by atoms with E-state index in [1.54, 1.807) is 49.6 Å². The molecule has 5 heteroatoms. The van der Waals surface area contributed by atoms with Gasteiger partial charge in [0.25, 0.3) is 0 Å². The van der Waals surface area contributed by atoms with E-state index in [0.717, 1.165) is 5.56 Å². The molecule has 2 aromatic rings. The van der Waals surface area contributed by atoms with E-state index < -0.39 is 21.2 Å². The van der Waals surface area contributed by atoms with E-state index in [2.05, 4.69) is 0 Å². The number of hydrogen-bond acceptors (Lipinski definition) is 4. The van der Waals surface area contributed by atoms with E-state index in [9.17, 15) is 13.5 Å². The van der Waals surface area contributed by atoms with Gasteiger partial charge in [0.15, 0.2) is 9.84 Å². The second-order valence-corrected chi connectivity index (χ2v) is 7.28. The molecule has 0 radical (unpaired) electrons. The highest BCUT2D eigenvalue weighted by Crippen LogP contribution is 2.39. The van der Waals surface area contributed by atoms with Gasteiger partial charge in [0, 0.05) is 0 Å². The minimum Gasteiger partial charge on any atom is -0.497 e. The number of benzene rings is 2. The molecule has 110 valence electrons. The second kappa shape index (κ2) is 5.16. The molecule has 4 nitrogen and oxygen atoms in total. The number of rotatable bonds is 3. The maximum Gasteiger partial charge on any atom is 0.184 e. The van der Waals surface area contributed by atoms with Crippen LogP contribution in [0.1, 0.15) is 17.2 Å². The first-order chi connectivity index (χ1) is 10.0. The topological polar surface area (TPSA) is 63.6 Å². The highest BCUT2D eigenvalue weighted by molar-refractivity contribution is 7.92. The van der Waals surface area contributed by atoms with E-state index in [-0.39, 0.29) is 4.90 Å². The van der Waals surface area contributed by atoms with Gasteiger partial charge in [0.1, 0.15) is 5.75 Å². The molecule has 1 aliphatic carbocycles. The summed E-state index contributed by atoms with van der Waals surface area (Å²) in [4.78, 5) is 0.244. The summed E-state index contributed by atoms with van der Waals surface area (Å²) in [5, 5.41) is 9.58. The first-order valence-electron chi connectivity index (χ1n) is 6.68. The van der Waals surface area contributed by atoms with Crippen LogP contribution in [-0.4, -0.2) is 25.9 Å². The normalized spacial score (nSPS) is 21.0. The third kappa shape index (κ3) is 2.32. The molecule has 2 aromatic carbocycles. The van der Waals surface area contributed by atoms with E-state index in [1.165, 1.54) is 0 Å². The van der Waals surface area contributed by atoms with Crippen LogP contribution in [0, 0.1) is 0 Å². The highest BCUT2D eigenvalue weighted by Gasteiger charge is 2.40. The Labute approximate surface area is 123 Å². The van der Waals surface area contributed by atoms with Crippen molar-refractivity contribution in [3.8, 4) is 5.75 Å². The van der Waals surface area contributed by atoms with Crippen LogP contribution in [0.25, 0.3) is 0 Å². The van der Waals surface area contributed by atoms with E-state index in [4.69, 9.17) is 4.74 Å². The average molecular weight is 304 g/mol. The zero-order chi connectivity index (χ0) is 15.0. The Hall–Kier alpha value is -1.85. The Balaban J connectivity index is 2.00.